The maximum Gasteiger partial charge on any atom is 0.226 e. The average molecular weight is 226 g/mol. The van der Waals surface area contributed by atoms with E-state index in [2.05, 4.69) is 10.3 Å². The Morgan fingerprint density at radius 2 is 2.20 bits per heavy atom. The van der Waals surface area contributed by atoms with Crippen LogP contribution in [0.3, 0.4) is 0 Å². The van der Waals surface area contributed by atoms with Crippen molar-refractivity contribution in [2.45, 2.75) is 27.2 Å². The lowest BCUT2D eigenvalue weighted by molar-refractivity contribution is -0.116. The van der Waals surface area contributed by atoms with E-state index in [9.17, 15) is 9.59 Å². The Morgan fingerprint density at radius 3 is 2.67 bits per heavy atom. The van der Waals surface area contributed by atoms with E-state index in [1.807, 2.05) is 13.8 Å². The molecule has 0 aliphatic rings. The number of aromatic nitrogens is 1. The number of hydrogen-bond acceptors (Lipinski definition) is 4. The van der Waals surface area contributed by atoms with Crippen molar-refractivity contribution in [1.29, 1.82) is 0 Å². The van der Waals surface area contributed by atoms with Crippen LogP contribution in [0.1, 0.15) is 36.9 Å². The van der Waals surface area contributed by atoms with Crippen molar-refractivity contribution in [3.05, 3.63) is 11.1 Å². The molecule has 0 unspecified atom stereocenters. The van der Waals surface area contributed by atoms with Crippen molar-refractivity contribution in [3.8, 4) is 0 Å². The van der Waals surface area contributed by atoms with E-state index < -0.39 is 0 Å². The van der Waals surface area contributed by atoms with Gasteiger partial charge in [0.15, 0.2) is 10.9 Å². The maximum atomic E-state index is 11.4. The van der Waals surface area contributed by atoms with E-state index in [-0.39, 0.29) is 11.7 Å². The normalized spacial score (nSPS) is 10.4. The molecule has 4 nitrogen and oxygen atoms in total. The van der Waals surface area contributed by atoms with Gasteiger partial charge in [0.25, 0.3) is 0 Å². The summed E-state index contributed by atoms with van der Waals surface area (Å²) in [4.78, 5) is 26.9. The lowest BCUT2D eigenvalue weighted by atomic mass is 10.1. The van der Waals surface area contributed by atoms with Gasteiger partial charge >= 0.3 is 0 Å². The lowest BCUT2D eigenvalue weighted by Gasteiger charge is -2.03. The highest BCUT2D eigenvalue weighted by atomic mass is 32.1. The summed E-state index contributed by atoms with van der Waals surface area (Å²) in [5, 5.41) is 3.16. The van der Waals surface area contributed by atoms with Crippen molar-refractivity contribution in [2.24, 2.45) is 5.92 Å². The van der Waals surface area contributed by atoms with Crippen molar-refractivity contribution in [3.63, 3.8) is 0 Å². The lowest BCUT2D eigenvalue weighted by Crippen LogP contribution is -2.13. The van der Waals surface area contributed by atoms with Crippen LogP contribution in [0.5, 0.6) is 0 Å². The molecule has 1 rings (SSSR count). The van der Waals surface area contributed by atoms with Gasteiger partial charge in [0.2, 0.25) is 5.91 Å². The van der Waals surface area contributed by atoms with Crippen LogP contribution >= 0.6 is 11.3 Å². The predicted molar refractivity (Wildman–Crippen MR) is 60.2 cm³/mol. The first kappa shape index (κ1) is 11.8. The third kappa shape index (κ3) is 3.79. The van der Waals surface area contributed by atoms with Crippen LogP contribution in [-0.4, -0.2) is 16.7 Å². The summed E-state index contributed by atoms with van der Waals surface area (Å²) in [6.07, 6.45) is 1.95. The smallest absolute Gasteiger partial charge is 0.226 e. The van der Waals surface area contributed by atoms with E-state index in [0.29, 0.717) is 22.3 Å². The van der Waals surface area contributed by atoms with Crippen molar-refractivity contribution < 1.29 is 9.59 Å². The molecular formula is C10H14N2O2S. The van der Waals surface area contributed by atoms with Gasteiger partial charge in [0.05, 0.1) is 11.1 Å². The number of thiazole rings is 1. The summed E-state index contributed by atoms with van der Waals surface area (Å²) in [6, 6.07) is 0. The summed E-state index contributed by atoms with van der Waals surface area (Å²) in [5.41, 5.74) is 0. The topological polar surface area (TPSA) is 59.1 Å². The molecule has 0 saturated heterocycles. The maximum absolute atomic E-state index is 11.4. The van der Waals surface area contributed by atoms with Crippen LogP contribution in [0.4, 0.5) is 5.13 Å². The largest absolute Gasteiger partial charge is 0.302 e. The van der Waals surface area contributed by atoms with E-state index in [1.54, 1.807) is 0 Å². The van der Waals surface area contributed by atoms with E-state index >= 15 is 0 Å². The number of carbonyl (C=O) groups excluding carboxylic acids is 2. The molecule has 0 aliphatic carbocycles. The molecular weight excluding hydrogens is 212 g/mol. The Labute approximate surface area is 92.7 Å². The molecule has 82 valence electrons. The highest BCUT2D eigenvalue weighted by Crippen LogP contribution is 2.18. The van der Waals surface area contributed by atoms with Gasteiger partial charge in [-0.3, -0.25) is 9.59 Å². The summed E-state index contributed by atoms with van der Waals surface area (Å²) in [7, 11) is 0. The molecule has 5 heteroatoms. The Kier molecular flexibility index (Phi) is 3.96. The molecule has 0 aromatic carbocycles. The third-order valence-electron chi connectivity index (χ3n) is 1.69. The number of nitrogens with one attached hydrogen (secondary N) is 1. The molecule has 0 fully saturated rings. The molecule has 1 aromatic rings. The van der Waals surface area contributed by atoms with Gasteiger partial charge in [-0.2, -0.15) is 0 Å². The van der Waals surface area contributed by atoms with Gasteiger partial charge in [-0.25, -0.2) is 4.98 Å². The van der Waals surface area contributed by atoms with Gasteiger partial charge in [0, 0.05) is 13.3 Å². The minimum absolute atomic E-state index is 0.0307. The second-order valence-corrected chi connectivity index (χ2v) is 4.76. The van der Waals surface area contributed by atoms with Crippen molar-refractivity contribution >= 4 is 28.2 Å². The zero-order valence-corrected chi connectivity index (χ0v) is 9.85. The molecule has 0 atom stereocenters. The van der Waals surface area contributed by atoms with E-state index in [0.717, 1.165) is 0 Å². The molecule has 0 aliphatic heterocycles. The molecule has 0 bridgehead atoms. The summed E-state index contributed by atoms with van der Waals surface area (Å²) < 4.78 is 0. The Morgan fingerprint density at radius 1 is 1.53 bits per heavy atom. The fraction of sp³-hybridized carbons (Fsp3) is 0.500. The number of carbonyl (C=O) groups is 2. The highest BCUT2D eigenvalue weighted by Gasteiger charge is 2.09. The molecule has 0 saturated carbocycles. The van der Waals surface area contributed by atoms with Gasteiger partial charge in [-0.05, 0) is 5.92 Å². The van der Waals surface area contributed by atoms with Gasteiger partial charge < -0.3 is 5.32 Å². The predicted octanol–water partition coefficient (Wildman–Crippen LogP) is 2.33. The van der Waals surface area contributed by atoms with Crippen LogP contribution in [0.2, 0.25) is 0 Å². The fourth-order valence-corrected chi connectivity index (χ4v) is 1.76. The van der Waals surface area contributed by atoms with E-state index in [1.165, 1.54) is 24.5 Å². The number of rotatable bonds is 4. The van der Waals surface area contributed by atoms with E-state index in [4.69, 9.17) is 0 Å². The second kappa shape index (κ2) is 5.02. The number of hydrogen-bond donors (Lipinski definition) is 1. The van der Waals surface area contributed by atoms with Crippen molar-refractivity contribution in [1.82, 2.24) is 4.98 Å². The Hall–Kier alpha value is -1.23. The van der Waals surface area contributed by atoms with Crippen molar-refractivity contribution in [2.75, 3.05) is 5.32 Å². The summed E-state index contributed by atoms with van der Waals surface area (Å²) in [5.74, 6) is 0.226. The van der Waals surface area contributed by atoms with Crippen LogP contribution in [0, 0.1) is 5.92 Å². The first-order valence-electron chi connectivity index (χ1n) is 4.75. The highest BCUT2D eigenvalue weighted by molar-refractivity contribution is 7.17. The van der Waals surface area contributed by atoms with Crippen LogP contribution < -0.4 is 5.32 Å². The first-order valence-corrected chi connectivity index (χ1v) is 5.57. The molecule has 15 heavy (non-hydrogen) atoms. The average Bonchev–Trinajstić information content (AvgIpc) is 2.50. The van der Waals surface area contributed by atoms with Crippen LogP contribution in [0.15, 0.2) is 6.20 Å². The molecule has 0 radical (unpaired) electrons. The quantitative estimate of drug-likeness (QED) is 0.801. The fourth-order valence-electron chi connectivity index (χ4n) is 1.04. The molecule has 0 spiro atoms. The molecule has 1 heterocycles. The number of amides is 1. The first-order chi connectivity index (χ1) is 6.99. The minimum atomic E-state index is -0.0607. The molecule has 1 aromatic heterocycles. The number of anilines is 1. The van der Waals surface area contributed by atoms with Gasteiger partial charge in [-0.1, -0.05) is 25.2 Å². The summed E-state index contributed by atoms with van der Waals surface area (Å²) in [6.45, 7) is 5.43. The number of ketones is 1. The zero-order valence-electron chi connectivity index (χ0n) is 9.03. The number of Topliss-reactive ketones (excluding diaryl/α,β-unsaturated/α-hetero) is 1. The van der Waals surface area contributed by atoms with Gasteiger partial charge in [0.1, 0.15) is 0 Å². The van der Waals surface area contributed by atoms with Crippen LogP contribution in [-0.2, 0) is 4.79 Å². The minimum Gasteiger partial charge on any atom is -0.302 e. The van der Waals surface area contributed by atoms with Crippen LogP contribution in [0.25, 0.3) is 0 Å². The van der Waals surface area contributed by atoms with Gasteiger partial charge in [-0.15, -0.1) is 0 Å². The summed E-state index contributed by atoms with van der Waals surface area (Å²) >= 11 is 1.20. The molecule has 1 amide bonds. The monoisotopic (exact) mass is 226 g/mol. The Balaban J connectivity index is 2.57. The second-order valence-electron chi connectivity index (χ2n) is 3.73. The number of nitrogens with zero attached hydrogens (tertiary/aromatic N) is 1. The standard InChI is InChI=1S/C10H14N2O2S/c1-6(2)4-9(14)12-10-11-5-8(15-10)7(3)13/h5-6H,4H2,1-3H3,(H,11,12,14). The molecule has 1 N–H and O–H groups in total. The zero-order chi connectivity index (χ0) is 11.4. The SMILES string of the molecule is CC(=O)c1cnc(NC(=O)CC(C)C)s1. The third-order valence-corrected chi connectivity index (χ3v) is 2.71. The Bertz CT molecular complexity index is 371.